The van der Waals surface area contributed by atoms with Gasteiger partial charge in [0.25, 0.3) is 6.01 Å². The average molecular weight is 457 g/mol. The lowest BCUT2D eigenvalue weighted by atomic mass is 10.1. The Bertz CT molecular complexity index is 1120. The van der Waals surface area contributed by atoms with E-state index in [1.165, 1.54) is 24.9 Å². The molecule has 32 heavy (non-hydrogen) atoms. The zero-order valence-corrected chi connectivity index (χ0v) is 18.3. The van der Waals surface area contributed by atoms with Gasteiger partial charge in [-0.25, -0.2) is 4.98 Å². The Morgan fingerprint density at radius 3 is 2.62 bits per heavy atom. The van der Waals surface area contributed by atoms with Crippen LogP contribution in [0.15, 0.2) is 30.3 Å². The summed E-state index contributed by atoms with van der Waals surface area (Å²) in [6.07, 6.45) is 2.20. The van der Waals surface area contributed by atoms with Crippen molar-refractivity contribution in [1.29, 1.82) is 0 Å². The van der Waals surface area contributed by atoms with E-state index in [0.717, 1.165) is 18.7 Å². The Balaban J connectivity index is 1.23. The van der Waals surface area contributed by atoms with Gasteiger partial charge in [0.15, 0.2) is 11.8 Å². The van der Waals surface area contributed by atoms with Crippen molar-refractivity contribution in [3.63, 3.8) is 0 Å². The number of aliphatic hydroxyl groups is 1. The van der Waals surface area contributed by atoms with E-state index in [9.17, 15) is 5.11 Å². The van der Waals surface area contributed by atoms with Gasteiger partial charge >= 0.3 is 0 Å². The van der Waals surface area contributed by atoms with Gasteiger partial charge in [0, 0.05) is 24.3 Å². The molecular formula is C23H25ClN4O4. The highest BCUT2D eigenvalue weighted by atomic mass is 35.5. The quantitative estimate of drug-likeness (QED) is 0.622. The first-order chi connectivity index (χ1) is 15.7. The molecule has 0 spiro atoms. The van der Waals surface area contributed by atoms with Crippen molar-refractivity contribution in [2.75, 3.05) is 31.2 Å². The third-order valence-electron chi connectivity index (χ3n) is 6.51. The van der Waals surface area contributed by atoms with E-state index in [2.05, 4.69) is 39.1 Å². The summed E-state index contributed by atoms with van der Waals surface area (Å²) in [6.45, 7) is 2.81. The second-order valence-electron chi connectivity index (χ2n) is 8.65. The average Bonchev–Trinajstić information content (AvgIpc) is 3.51. The summed E-state index contributed by atoms with van der Waals surface area (Å²) in [5.74, 6) is 0. The number of aromatic nitrogens is 3. The minimum absolute atomic E-state index is 0.256. The molecule has 9 heteroatoms. The highest BCUT2D eigenvalue weighted by Gasteiger charge is 2.48. The maximum Gasteiger partial charge on any atom is 0.296 e. The van der Waals surface area contributed by atoms with E-state index in [1.54, 1.807) is 0 Å². The number of aliphatic hydroxyl groups excluding tert-OH is 1. The number of halogens is 1. The summed E-state index contributed by atoms with van der Waals surface area (Å²) in [4.78, 5) is 14.7. The molecule has 2 N–H and O–H groups in total. The van der Waals surface area contributed by atoms with Crippen LogP contribution in [0.4, 0.5) is 5.69 Å². The molecule has 0 bridgehead atoms. The maximum atomic E-state index is 9.90. The predicted molar refractivity (Wildman–Crippen MR) is 120 cm³/mol. The van der Waals surface area contributed by atoms with Crippen LogP contribution in [0.5, 0.6) is 6.01 Å². The summed E-state index contributed by atoms with van der Waals surface area (Å²) >= 11 is 6.57. The van der Waals surface area contributed by atoms with Gasteiger partial charge in [-0.15, -0.1) is 0 Å². The van der Waals surface area contributed by atoms with Gasteiger partial charge in [0.05, 0.1) is 29.4 Å². The molecule has 3 fully saturated rings. The second kappa shape index (κ2) is 8.19. The van der Waals surface area contributed by atoms with Gasteiger partial charge in [-0.3, -0.25) is 0 Å². The van der Waals surface area contributed by atoms with Crippen LogP contribution in [0.1, 0.15) is 19.3 Å². The molecule has 3 aromatic rings. The fourth-order valence-electron chi connectivity index (χ4n) is 4.82. The number of hydrogen-bond donors (Lipinski definition) is 2. The molecule has 5 heterocycles. The van der Waals surface area contributed by atoms with Gasteiger partial charge in [-0.2, -0.15) is 4.98 Å². The zero-order valence-electron chi connectivity index (χ0n) is 17.5. The van der Waals surface area contributed by atoms with Crippen molar-refractivity contribution in [2.24, 2.45) is 0 Å². The van der Waals surface area contributed by atoms with Crippen molar-refractivity contribution in [1.82, 2.24) is 15.0 Å². The van der Waals surface area contributed by atoms with Crippen LogP contribution >= 0.6 is 11.6 Å². The largest absolute Gasteiger partial charge is 0.456 e. The number of nitrogens with one attached hydrogen (secondary N) is 1. The minimum atomic E-state index is -0.617. The number of benzene rings is 1. The van der Waals surface area contributed by atoms with E-state index < -0.39 is 6.10 Å². The Morgan fingerprint density at radius 1 is 1.03 bits per heavy atom. The van der Waals surface area contributed by atoms with E-state index >= 15 is 0 Å². The first-order valence-electron chi connectivity index (χ1n) is 11.2. The molecule has 1 aromatic carbocycles. The van der Waals surface area contributed by atoms with Gasteiger partial charge in [-0.1, -0.05) is 23.7 Å². The van der Waals surface area contributed by atoms with Crippen molar-refractivity contribution in [3.8, 4) is 17.3 Å². The van der Waals surface area contributed by atoms with Crippen LogP contribution in [0.25, 0.3) is 22.4 Å². The van der Waals surface area contributed by atoms with E-state index in [4.69, 9.17) is 30.8 Å². The highest BCUT2D eigenvalue weighted by molar-refractivity contribution is 6.33. The number of nitrogens with zero attached hydrogens (tertiary/aromatic N) is 3. The SMILES string of the molecule is O[C@@H]1CO[C@H]2[C@@H]1OC[C@H]2Oc1nc2nc(-c3ccc(N4CCCCC4)cc3)c(Cl)cc2[nH]1. The van der Waals surface area contributed by atoms with Crippen LogP contribution in [-0.4, -0.2) is 70.8 Å². The lowest BCUT2D eigenvalue weighted by Gasteiger charge is -2.28. The molecule has 0 unspecified atom stereocenters. The number of piperidine rings is 1. The first kappa shape index (κ1) is 20.2. The molecular weight excluding hydrogens is 432 g/mol. The summed E-state index contributed by atoms with van der Waals surface area (Å²) in [6, 6.07) is 10.5. The molecule has 3 aliphatic rings. The van der Waals surface area contributed by atoms with Crippen LogP contribution in [-0.2, 0) is 9.47 Å². The van der Waals surface area contributed by atoms with Gasteiger partial charge < -0.3 is 29.2 Å². The minimum Gasteiger partial charge on any atom is -0.456 e. The van der Waals surface area contributed by atoms with Crippen LogP contribution in [0.3, 0.4) is 0 Å². The number of pyridine rings is 1. The van der Waals surface area contributed by atoms with Crippen molar-refractivity contribution >= 4 is 28.5 Å². The van der Waals surface area contributed by atoms with Crippen molar-refractivity contribution < 1.29 is 19.3 Å². The van der Waals surface area contributed by atoms with Crippen molar-refractivity contribution in [2.45, 2.75) is 43.7 Å². The number of imidazole rings is 1. The Hall–Kier alpha value is -2.39. The fourth-order valence-corrected chi connectivity index (χ4v) is 5.09. The van der Waals surface area contributed by atoms with Gasteiger partial charge in [0.1, 0.15) is 18.3 Å². The molecule has 2 aromatic heterocycles. The Morgan fingerprint density at radius 2 is 1.81 bits per heavy atom. The molecule has 3 aliphatic heterocycles. The molecule has 8 nitrogen and oxygen atoms in total. The molecule has 4 atom stereocenters. The van der Waals surface area contributed by atoms with Crippen LogP contribution in [0, 0.1) is 0 Å². The number of H-pyrrole nitrogens is 1. The van der Waals surface area contributed by atoms with Gasteiger partial charge in [0.2, 0.25) is 0 Å². The van der Waals surface area contributed by atoms with E-state index in [0.29, 0.717) is 34.5 Å². The first-order valence-corrected chi connectivity index (χ1v) is 11.5. The monoisotopic (exact) mass is 456 g/mol. The second-order valence-corrected chi connectivity index (χ2v) is 9.05. The Labute approximate surface area is 190 Å². The van der Waals surface area contributed by atoms with Crippen molar-refractivity contribution in [3.05, 3.63) is 35.4 Å². The van der Waals surface area contributed by atoms with Gasteiger partial charge in [-0.05, 0) is 37.5 Å². The molecule has 0 saturated carbocycles. The number of fused-ring (bicyclic) bond motifs is 2. The van der Waals surface area contributed by atoms with E-state index in [-0.39, 0.29) is 24.9 Å². The number of anilines is 1. The number of rotatable bonds is 4. The maximum absolute atomic E-state index is 9.90. The Kier molecular flexibility index (Phi) is 5.18. The number of aromatic amines is 1. The molecule has 0 aliphatic carbocycles. The summed E-state index contributed by atoms with van der Waals surface area (Å²) in [5.41, 5.74) is 4.10. The molecule has 0 amide bonds. The summed E-state index contributed by atoms with van der Waals surface area (Å²) in [5, 5.41) is 10.4. The third kappa shape index (κ3) is 3.61. The lowest BCUT2D eigenvalue weighted by molar-refractivity contribution is 0.00706. The summed E-state index contributed by atoms with van der Waals surface area (Å²) < 4.78 is 17.2. The van der Waals surface area contributed by atoms with E-state index in [1.807, 2.05) is 6.07 Å². The van der Waals surface area contributed by atoms with Crippen LogP contribution in [0.2, 0.25) is 5.02 Å². The smallest absolute Gasteiger partial charge is 0.296 e. The predicted octanol–water partition coefficient (Wildman–Crippen LogP) is 3.17. The lowest BCUT2D eigenvalue weighted by Crippen LogP contribution is -2.34. The number of hydrogen-bond acceptors (Lipinski definition) is 7. The molecule has 0 radical (unpaired) electrons. The van der Waals surface area contributed by atoms with Crippen LogP contribution < -0.4 is 9.64 Å². The zero-order chi connectivity index (χ0) is 21.7. The highest BCUT2D eigenvalue weighted by Crippen LogP contribution is 2.33. The molecule has 168 valence electrons. The molecule has 3 saturated heterocycles. The number of ether oxygens (including phenoxy) is 3. The molecule has 6 rings (SSSR count). The fraction of sp³-hybridized carbons (Fsp3) is 0.478. The summed E-state index contributed by atoms with van der Waals surface area (Å²) in [7, 11) is 0. The topological polar surface area (TPSA) is 92.7 Å². The standard InChI is InChI=1S/C23H25ClN4O4/c24-15-10-16-22(27-23(25-16)32-18-12-31-20-17(29)11-30-21(18)20)26-19(15)13-4-6-14(7-5-13)28-8-2-1-3-9-28/h4-7,10,17-18,20-21,29H,1-3,8-9,11-12H2,(H,25,26,27)/t17-,18-,20-,21-/m1/s1. The normalized spacial score (nSPS) is 27.8. The third-order valence-corrected chi connectivity index (χ3v) is 6.80.